The Morgan fingerprint density at radius 2 is 1.70 bits per heavy atom. The van der Waals surface area contributed by atoms with E-state index in [9.17, 15) is 4.79 Å². The normalized spacial score (nSPS) is 12.0. The van der Waals surface area contributed by atoms with Gasteiger partial charge in [0, 0.05) is 17.1 Å². The molecule has 2 aromatic rings. The fourth-order valence-electron chi connectivity index (χ4n) is 2.51. The summed E-state index contributed by atoms with van der Waals surface area (Å²) in [6, 6.07) is 14.8. The molecule has 2 aromatic carbocycles. The Hall–Kier alpha value is -1.74. The fraction of sp³-hybridized carbons (Fsp3) is 0.350. The summed E-state index contributed by atoms with van der Waals surface area (Å²) in [7, 11) is 0. The van der Waals surface area contributed by atoms with Crippen molar-refractivity contribution in [2.75, 3.05) is 5.75 Å². The molecule has 0 heterocycles. The average Bonchev–Trinajstić information content (AvgIpc) is 2.51. The van der Waals surface area contributed by atoms with Crippen LogP contribution in [0.3, 0.4) is 0 Å². The number of hydrogen-bond acceptors (Lipinski definition) is 2. The van der Waals surface area contributed by atoms with E-state index >= 15 is 0 Å². The first-order chi connectivity index (χ1) is 11.0. The van der Waals surface area contributed by atoms with Crippen LogP contribution in [0.4, 0.5) is 0 Å². The van der Waals surface area contributed by atoms with Crippen LogP contribution in [0.1, 0.15) is 41.6 Å². The van der Waals surface area contributed by atoms with Crippen LogP contribution in [-0.4, -0.2) is 11.7 Å². The highest BCUT2D eigenvalue weighted by Crippen LogP contribution is 2.21. The molecule has 23 heavy (non-hydrogen) atoms. The topological polar surface area (TPSA) is 29.1 Å². The molecule has 0 aromatic heterocycles. The van der Waals surface area contributed by atoms with Crippen LogP contribution in [0.5, 0.6) is 0 Å². The van der Waals surface area contributed by atoms with Crippen molar-refractivity contribution < 1.29 is 4.79 Å². The van der Waals surface area contributed by atoms with Gasteiger partial charge in [0.2, 0.25) is 5.91 Å². The molecule has 1 atom stereocenters. The molecule has 0 aliphatic heterocycles. The van der Waals surface area contributed by atoms with Gasteiger partial charge in [-0.1, -0.05) is 41.5 Å². The van der Waals surface area contributed by atoms with Crippen molar-refractivity contribution in [3.8, 4) is 0 Å². The molecule has 0 saturated heterocycles. The SMILES string of the molecule is Cc1ccc(SCCC(=O)NC(C)c2cc(C)ccc2C)cc1. The summed E-state index contributed by atoms with van der Waals surface area (Å²) >= 11 is 1.73. The van der Waals surface area contributed by atoms with Crippen molar-refractivity contribution in [3.05, 3.63) is 64.7 Å². The highest BCUT2D eigenvalue weighted by atomic mass is 32.2. The zero-order chi connectivity index (χ0) is 16.8. The van der Waals surface area contributed by atoms with Gasteiger partial charge in [0.25, 0.3) is 0 Å². The molecular weight excluding hydrogens is 302 g/mol. The molecule has 1 unspecified atom stereocenters. The van der Waals surface area contributed by atoms with Gasteiger partial charge < -0.3 is 5.32 Å². The molecule has 0 radical (unpaired) electrons. The lowest BCUT2D eigenvalue weighted by Gasteiger charge is -2.17. The number of benzene rings is 2. The second kappa shape index (κ2) is 8.21. The van der Waals surface area contributed by atoms with E-state index in [1.54, 1.807) is 11.8 Å². The third kappa shape index (κ3) is 5.43. The standard InChI is InChI=1S/C20H25NOS/c1-14-6-9-18(10-7-14)23-12-11-20(22)21-17(4)19-13-15(2)5-8-16(19)3/h5-10,13,17H,11-12H2,1-4H3,(H,21,22). The van der Waals surface area contributed by atoms with Gasteiger partial charge in [-0.05, 0) is 51.0 Å². The predicted molar refractivity (Wildman–Crippen MR) is 99.0 cm³/mol. The van der Waals surface area contributed by atoms with Crippen LogP contribution in [0.25, 0.3) is 0 Å². The van der Waals surface area contributed by atoms with Gasteiger partial charge in [0.1, 0.15) is 0 Å². The third-order valence-corrected chi connectivity index (χ3v) is 4.91. The van der Waals surface area contributed by atoms with Gasteiger partial charge in [-0.15, -0.1) is 11.8 Å². The van der Waals surface area contributed by atoms with Gasteiger partial charge in [0.05, 0.1) is 6.04 Å². The van der Waals surface area contributed by atoms with E-state index in [0.717, 1.165) is 5.75 Å². The van der Waals surface area contributed by atoms with Crippen molar-refractivity contribution in [2.24, 2.45) is 0 Å². The van der Waals surface area contributed by atoms with Crippen LogP contribution in [0.2, 0.25) is 0 Å². The van der Waals surface area contributed by atoms with Crippen LogP contribution in [-0.2, 0) is 4.79 Å². The van der Waals surface area contributed by atoms with Gasteiger partial charge >= 0.3 is 0 Å². The Kier molecular flexibility index (Phi) is 6.28. The third-order valence-electron chi connectivity index (χ3n) is 3.90. The molecule has 0 fully saturated rings. The van der Waals surface area contributed by atoms with Crippen LogP contribution in [0.15, 0.2) is 47.4 Å². The zero-order valence-corrected chi connectivity index (χ0v) is 15.2. The number of thioether (sulfide) groups is 1. The maximum absolute atomic E-state index is 12.1. The molecule has 2 rings (SSSR count). The first kappa shape index (κ1) is 17.6. The van der Waals surface area contributed by atoms with Crippen LogP contribution < -0.4 is 5.32 Å². The molecular formula is C20H25NOS. The quantitative estimate of drug-likeness (QED) is 0.759. The van der Waals surface area contributed by atoms with Crippen molar-refractivity contribution in [3.63, 3.8) is 0 Å². The highest BCUT2D eigenvalue weighted by molar-refractivity contribution is 7.99. The van der Waals surface area contributed by atoms with Gasteiger partial charge in [0.15, 0.2) is 0 Å². The van der Waals surface area contributed by atoms with E-state index in [0.29, 0.717) is 6.42 Å². The number of carbonyl (C=O) groups excluding carboxylic acids is 1. The molecule has 0 aliphatic carbocycles. The Bertz CT molecular complexity index is 664. The van der Waals surface area contributed by atoms with E-state index < -0.39 is 0 Å². The Balaban J connectivity index is 1.82. The first-order valence-electron chi connectivity index (χ1n) is 8.01. The zero-order valence-electron chi connectivity index (χ0n) is 14.3. The second-order valence-corrected chi connectivity index (χ2v) is 7.23. The largest absolute Gasteiger partial charge is 0.350 e. The average molecular weight is 327 g/mol. The summed E-state index contributed by atoms with van der Waals surface area (Å²) in [4.78, 5) is 13.4. The summed E-state index contributed by atoms with van der Waals surface area (Å²) < 4.78 is 0. The molecule has 122 valence electrons. The first-order valence-corrected chi connectivity index (χ1v) is 9.00. The Morgan fingerprint density at radius 1 is 1.04 bits per heavy atom. The monoisotopic (exact) mass is 327 g/mol. The fourth-order valence-corrected chi connectivity index (χ4v) is 3.37. The lowest BCUT2D eigenvalue weighted by molar-refractivity contribution is -0.121. The lowest BCUT2D eigenvalue weighted by Crippen LogP contribution is -2.27. The molecule has 1 N–H and O–H groups in total. The number of rotatable bonds is 6. The highest BCUT2D eigenvalue weighted by Gasteiger charge is 2.11. The molecule has 3 heteroatoms. The summed E-state index contributed by atoms with van der Waals surface area (Å²) in [6.07, 6.45) is 0.535. The number of nitrogens with one attached hydrogen (secondary N) is 1. The molecule has 0 aliphatic rings. The van der Waals surface area contributed by atoms with Crippen LogP contribution in [0, 0.1) is 20.8 Å². The van der Waals surface area contributed by atoms with Crippen molar-refractivity contribution >= 4 is 17.7 Å². The van der Waals surface area contributed by atoms with E-state index in [4.69, 9.17) is 0 Å². The Labute approximate surface area is 143 Å². The maximum atomic E-state index is 12.1. The van der Waals surface area contributed by atoms with Crippen molar-refractivity contribution in [1.82, 2.24) is 5.32 Å². The molecule has 2 nitrogen and oxygen atoms in total. The molecule has 0 saturated carbocycles. The summed E-state index contributed by atoms with van der Waals surface area (Å²) in [5, 5.41) is 3.11. The smallest absolute Gasteiger partial charge is 0.221 e. The van der Waals surface area contributed by atoms with Gasteiger partial charge in [-0.25, -0.2) is 0 Å². The number of carbonyl (C=O) groups is 1. The van der Waals surface area contributed by atoms with E-state index in [2.05, 4.69) is 68.6 Å². The maximum Gasteiger partial charge on any atom is 0.221 e. The van der Waals surface area contributed by atoms with Crippen molar-refractivity contribution in [2.45, 2.75) is 45.1 Å². The number of amides is 1. The van der Waals surface area contributed by atoms with Gasteiger partial charge in [-0.3, -0.25) is 4.79 Å². The minimum Gasteiger partial charge on any atom is -0.350 e. The Morgan fingerprint density at radius 3 is 2.39 bits per heavy atom. The summed E-state index contributed by atoms with van der Waals surface area (Å²) in [5.74, 6) is 0.909. The summed E-state index contributed by atoms with van der Waals surface area (Å²) in [6.45, 7) is 8.30. The molecule has 1 amide bonds. The lowest BCUT2D eigenvalue weighted by atomic mass is 10.00. The summed E-state index contributed by atoms with van der Waals surface area (Å²) in [5.41, 5.74) is 4.90. The number of hydrogen-bond donors (Lipinski definition) is 1. The van der Waals surface area contributed by atoms with Crippen molar-refractivity contribution in [1.29, 1.82) is 0 Å². The molecule has 0 spiro atoms. The van der Waals surface area contributed by atoms with Gasteiger partial charge in [-0.2, -0.15) is 0 Å². The van der Waals surface area contributed by atoms with Crippen LogP contribution >= 0.6 is 11.8 Å². The van der Waals surface area contributed by atoms with E-state index in [-0.39, 0.29) is 11.9 Å². The number of aryl methyl sites for hydroxylation is 3. The minimum absolute atomic E-state index is 0.0479. The minimum atomic E-state index is 0.0479. The molecule has 0 bridgehead atoms. The van der Waals surface area contributed by atoms with E-state index in [1.807, 2.05) is 6.92 Å². The second-order valence-electron chi connectivity index (χ2n) is 6.06. The predicted octanol–water partition coefficient (Wildman–Crippen LogP) is 4.97. The van der Waals surface area contributed by atoms with E-state index in [1.165, 1.54) is 27.1 Å².